The van der Waals surface area contributed by atoms with Crippen LogP contribution in [0.5, 0.6) is 5.75 Å². The van der Waals surface area contributed by atoms with Crippen molar-refractivity contribution in [1.82, 2.24) is 0 Å². The summed E-state index contributed by atoms with van der Waals surface area (Å²) in [7, 11) is 0. The minimum absolute atomic E-state index is 0.00521. The van der Waals surface area contributed by atoms with E-state index in [4.69, 9.17) is 27.9 Å². The molecule has 0 atom stereocenters. The summed E-state index contributed by atoms with van der Waals surface area (Å²) in [5.74, 6) is -0.999. The molecular weight excluding hydrogens is 302 g/mol. The number of allylic oxidation sites excluding steroid dienone is 1. The molecule has 0 saturated carbocycles. The number of rotatable bonds is 4. The summed E-state index contributed by atoms with van der Waals surface area (Å²) in [6.07, 6.45) is 0. The van der Waals surface area contributed by atoms with Gasteiger partial charge in [0, 0.05) is 10.6 Å². The Kier molecular flexibility index (Phi) is 4.42. The maximum atomic E-state index is 13.3. The molecule has 0 unspecified atom stereocenters. The van der Waals surface area contributed by atoms with E-state index in [1.54, 1.807) is 24.3 Å². The van der Waals surface area contributed by atoms with Crippen LogP contribution in [-0.4, -0.2) is 5.78 Å². The fourth-order valence-electron chi connectivity index (χ4n) is 1.52. The summed E-state index contributed by atoms with van der Waals surface area (Å²) in [6, 6.07) is 10.4. The van der Waals surface area contributed by atoms with Gasteiger partial charge in [-0.1, -0.05) is 35.8 Å². The van der Waals surface area contributed by atoms with Gasteiger partial charge >= 0.3 is 0 Å². The summed E-state index contributed by atoms with van der Waals surface area (Å²) in [5.41, 5.74) is 0.00521. The number of benzene rings is 2. The summed E-state index contributed by atoms with van der Waals surface area (Å²) < 4.78 is 18.6. The van der Waals surface area contributed by atoms with Crippen molar-refractivity contribution in [2.24, 2.45) is 0 Å². The highest BCUT2D eigenvalue weighted by Gasteiger charge is 2.18. The summed E-state index contributed by atoms with van der Waals surface area (Å²) in [5, 5.41) is 0.292. The van der Waals surface area contributed by atoms with E-state index in [2.05, 4.69) is 6.58 Å². The molecule has 0 aromatic heterocycles. The van der Waals surface area contributed by atoms with E-state index in [1.807, 2.05) is 0 Å². The van der Waals surface area contributed by atoms with Crippen molar-refractivity contribution in [3.05, 3.63) is 76.2 Å². The molecule has 5 heteroatoms. The molecule has 0 radical (unpaired) electrons. The molecule has 2 nitrogen and oxygen atoms in total. The molecule has 0 aliphatic heterocycles. The number of halogens is 3. The van der Waals surface area contributed by atoms with Crippen molar-refractivity contribution >= 4 is 29.0 Å². The standard InChI is InChI=1S/C15H9Cl2FO2/c1-9(20-11-7-5-10(16)6-8-11)15(19)12-3-2-4-13(18)14(12)17/h2-8H,1H2. The van der Waals surface area contributed by atoms with Crippen LogP contribution < -0.4 is 4.74 Å². The van der Waals surface area contributed by atoms with Crippen molar-refractivity contribution in [2.75, 3.05) is 0 Å². The molecule has 0 saturated heterocycles. The van der Waals surface area contributed by atoms with Crippen molar-refractivity contribution in [2.45, 2.75) is 0 Å². The number of carbonyl (C=O) groups is 1. The molecule has 102 valence electrons. The highest BCUT2D eigenvalue weighted by molar-refractivity contribution is 6.35. The van der Waals surface area contributed by atoms with E-state index < -0.39 is 11.6 Å². The van der Waals surface area contributed by atoms with E-state index in [9.17, 15) is 9.18 Å². The number of ketones is 1. The van der Waals surface area contributed by atoms with Crippen LogP contribution in [0, 0.1) is 5.82 Å². The largest absolute Gasteiger partial charge is 0.454 e. The first-order valence-electron chi connectivity index (χ1n) is 5.60. The Morgan fingerprint density at radius 1 is 1.10 bits per heavy atom. The van der Waals surface area contributed by atoms with Gasteiger partial charge in [-0.15, -0.1) is 0 Å². The molecule has 0 N–H and O–H groups in total. The van der Waals surface area contributed by atoms with Gasteiger partial charge in [-0.2, -0.15) is 0 Å². The molecule has 20 heavy (non-hydrogen) atoms. The smallest absolute Gasteiger partial charge is 0.229 e. The third-order valence-corrected chi connectivity index (χ3v) is 3.14. The van der Waals surface area contributed by atoms with Crippen LogP contribution in [0.3, 0.4) is 0 Å². The topological polar surface area (TPSA) is 26.3 Å². The lowest BCUT2D eigenvalue weighted by Crippen LogP contribution is -2.09. The van der Waals surface area contributed by atoms with Crippen molar-refractivity contribution < 1.29 is 13.9 Å². The van der Waals surface area contributed by atoms with Crippen molar-refractivity contribution in [3.8, 4) is 5.75 Å². The predicted molar refractivity (Wildman–Crippen MR) is 77.0 cm³/mol. The van der Waals surface area contributed by atoms with E-state index in [0.29, 0.717) is 10.8 Å². The Morgan fingerprint density at radius 3 is 2.40 bits per heavy atom. The Bertz CT molecular complexity index is 666. The van der Waals surface area contributed by atoms with E-state index in [1.165, 1.54) is 18.2 Å². The Hall–Kier alpha value is -1.84. The van der Waals surface area contributed by atoms with E-state index in [-0.39, 0.29) is 16.3 Å². The second kappa shape index (κ2) is 6.07. The second-order valence-corrected chi connectivity index (χ2v) is 4.72. The number of hydrogen-bond acceptors (Lipinski definition) is 2. The minimum Gasteiger partial charge on any atom is -0.454 e. The lowest BCUT2D eigenvalue weighted by molar-refractivity contribution is 0.0987. The zero-order valence-electron chi connectivity index (χ0n) is 10.2. The van der Waals surface area contributed by atoms with Crippen LogP contribution in [0.1, 0.15) is 10.4 Å². The molecule has 0 aliphatic rings. The van der Waals surface area contributed by atoms with Gasteiger partial charge in [0.05, 0.1) is 5.02 Å². The van der Waals surface area contributed by atoms with Gasteiger partial charge in [0.2, 0.25) is 5.78 Å². The minimum atomic E-state index is -0.670. The fraction of sp³-hybridized carbons (Fsp3) is 0. The number of carbonyl (C=O) groups excluding carboxylic acids is 1. The van der Waals surface area contributed by atoms with E-state index >= 15 is 0 Å². The number of ether oxygens (including phenoxy) is 1. The zero-order chi connectivity index (χ0) is 14.7. The number of hydrogen-bond donors (Lipinski definition) is 0. The maximum Gasteiger partial charge on any atom is 0.229 e. The van der Waals surface area contributed by atoms with Gasteiger partial charge in [-0.3, -0.25) is 4.79 Å². The highest BCUT2D eigenvalue weighted by atomic mass is 35.5. The average Bonchev–Trinajstić information content (AvgIpc) is 2.43. The zero-order valence-corrected chi connectivity index (χ0v) is 11.7. The maximum absolute atomic E-state index is 13.3. The average molecular weight is 311 g/mol. The lowest BCUT2D eigenvalue weighted by Gasteiger charge is -2.09. The Balaban J connectivity index is 2.19. The van der Waals surface area contributed by atoms with Crippen LogP contribution in [-0.2, 0) is 0 Å². The number of Topliss-reactive ketones (excluding diaryl/α,β-unsaturated/α-hetero) is 1. The molecule has 0 amide bonds. The summed E-state index contributed by atoms with van der Waals surface area (Å²) in [4.78, 5) is 12.1. The van der Waals surface area contributed by atoms with Crippen molar-refractivity contribution in [3.63, 3.8) is 0 Å². The third kappa shape index (κ3) is 3.18. The van der Waals surface area contributed by atoms with Gasteiger partial charge in [0.1, 0.15) is 11.6 Å². The molecule has 0 bridgehead atoms. The molecule has 0 heterocycles. The molecule has 0 spiro atoms. The first-order chi connectivity index (χ1) is 9.49. The van der Waals surface area contributed by atoms with Crippen molar-refractivity contribution in [1.29, 1.82) is 0 Å². The molecule has 2 aromatic carbocycles. The molecule has 2 aromatic rings. The van der Waals surface area contributed by atoms with Crippen LogP contribution in [0.25, 0.3) is 0 Å². The Labute approximate surface area is 125 Å². The summed E-state index contributed by atoms with van der Waals surface area (Å²) >= 11 is 11.5. The highest BCUT2D eigenvalue weighted by Crippen LogP contribution is 2.24. The van der Waals surface area contributed by atoms with Crippen LogP contribution in [0.15, 0.2) is 54.8 Å². The van der Waals surface area contributed by atoms with Gasteiger partial charge < -0.3 is 4.74 Å². The predicted octanol–water partition coefficient (Wildman–Crippen LogP) is 4.91. The van der Waals surface area contributed by atoms with Gasteiger partial charge in [-0.05, 0) is 36.4 Å². The molecule has 2 rings (SSSR count). The lowest BCUT2D eigenvalue weighted by atomic mass is 10.1. The van der Waals surface area contributed by atoms with Gasteiger partial charge in [0.15, 0.2) is 5.76 Å². The summed E-state index contributed by atoms with van der Waals surface area (Å²) in [6.45, 7) is 3.53. The van der Waals surface area contributed by atoms with Crippen LogP contribution in [0.4, 0.5) is 4.39 Å². The normalized spacial score (nSPS) is 10.2. The monoisotopic (exact) mass is 310 g/mol. The van der Waals surface area contributed by atoms with Gasteiger partial charge in [-0.25, -0.2) is 4.39 Å². The first-order valence-corrected chi connectivity index (χ1v) is 6.35. The molecular formula is C15H9Cl2FO2. The quantitative estimate of drug-likeness (QED) is 0.456. The first kappa shape index (κ1) is 14.6. The van der Waals surface area contributed by atoms with Gasteiger partial charge in [0.25, 0.3) is 0 Å². The van der Waals surface area contributed by atoms with Crippen LogP contribution in [0.2, 0.25) is 10.0 Å². The Morgan fingerprint density at radius 2 is 1.75 bits per heavy atom. The second-order valence-electron chi connectivity index (χ2n) is 3.91. The third-order valence-electron chi connectivity index (χ3n) is 2.50. The molecule has 0 aliphatic carbocycles. The van der Waals surface area contributed by atoms with Crippen LogP contribution >= 0.6 is 23.2 Å². The van der Waals surface area contributed by atoms with E-state index in [0.717, 1.165) is 0 Å². The fourth-order valence-corrected chi connectivity index (χ4v) is 1.86. The SMILES string of the molecule is C=C(Oc1ccc(Cl)cc1)C(=O)c1cccc(F)c1Cl. The molecule has 0 fully saturated rings.